The lowest BCUT2D eigenvalue weighted by atomic mass is 10.2. The van der Waals surface area contributed by atoms with Crippen LogP contribution in [0.2, 0.25) is 0 Å². The Kier molecular flexibility index (Phi) is 4.36. The van der Waals surface area contributed by atoms with Gasteiger partial charge in [-0.2, -0.15) is 13.2 Å². The van der Waals surface area contributed by atoms with E-state index in [-0.39, 0.29) is 12.1 Å². The van der Waals surface area contributed by atoms with E-state index >= 15 is 0 Å². The standard InChI is InChI=1S/C8H14F3N3O2/c1-16-6-3-12-2-5(6)14-7(15)13-4-8(9,10)11/h5-6,12H,2-4H2,1H3,(H2,13,14,15)/t5?,6-/m0/s1. The second-order valence-corrected chi connectivity index (χ2v) is 3.48. The fourth-order valence-electron chi connectivity index (χ4n) is 1.45. The monoisotopic (exact) mass is 241 g/mol. The summed E-state index contributed by atoms with van der Waals surface area (Å²) in [6.45, 7) is -0.282. The third kappa shape index (κ3) is 4.23. The number of ether oxygens (including phenoxy) is 1. The highest BCUT2D eigenvalue weighted by Gasteiger charge is 2.30. The van der Waals surface area contributed by atoms with Gasteiger partial charge in [0, 0.05) is 20.2 Å². The first-order chi connectivity index (χ1) is 7.42. The zero-order valence-corrected chi connectivity index (χ0v) is 8.73. The number of carbonyl (C=O) groups is 1. The molecule has 2 atom stereocenters. The largest absolute Gasteiger partial charge is 0.405 e. The third-order valence-electron chi connectivity index (χ3n) is 2.23. The smallest absolute Gasteiger partial charge is 0.378 e. The molecular weight excluding hydrogens is 227 g/mol. The average Bonchev–Trinajstić information content (AvgIpc) is 2.61. The van der Waals surface area contributed by atoms with E-state index in [2.05, 4.69) is 10.6 Å². The van der Waals surface area contributed by atoms with Crippen LogP contribution in [0.5, 0.6) is 0 Å². The molecule has 0 aromatic rings. The first kappa shape index (κ1) is 13.0. The molecule has 16 heavy (non-hydrogen) atoms. The fraction of sp³-hybridized carbons (Fsp3) is 0.875. The molecule has 1 unspecified atom stereocenters. The van der Waals surface area contributed by atoms with Gasteiger partial charge in [0.25, 0.3) is 0 Å². The number of halogens is 3. The van der Waals surface area contributed by atoms with Crippen molar-refractivity contribution in [2.45, 2.75) is 18.3 Å². The Balaban J connectivity index is 2.28. The van der Waals surface area contributed by atoms with Crippen LogP contribution in [0, 0.1) is 0 Å². The zero-order valence-electron chi connectivity index (χ0n) is 8.73. The zero-order chi connectivity index (χ0) is 12.2. The molecule has 0 aromatic heterocycles. The first-order valence-corrected chi connectivity index (χ1v) is 4.77. The van der Waals surface area contributed by atoms with Crippen molar-refractivity contribution in [3.63, 3.8) is 0 Å². The van der Waals surface area contributed by atoms with Crippen molar-refractivity contribution in [1.82, 2.24) is 16.0 Å². The molecule has 1 rings (SSSR count). The van der Waals surface area contributed by atoms with Crippen molar-refractivity contribution < 1.29 is 22.7 Å². The van der Waals surface area contributed by atoms with E-state index in [4.69, 9.17) is 4.74 Å². The summed E-state index contributed by atoms with van der Waals surface area (Å²) in [5, 5.41) is 7.11. The van der Waals surface area contributed by atoms with Gasteiger partial charge in [0.2, 0.25) is 0 Å². The maximum atomic E-state index is 11.8. The van der Waals surface area contributed by atoms with Crippen LogP contribution in [-0.4, -0.2) is 51.1 Å². The molecule has 1 saturated heterocycles. The van der Waals surface area contributed by atoms with E-state index in [1.165, 1.54) is 7.11 Å². The van der Waals surface area contributed by atoms with Crippen LogP contribution in [0.15, 0.2) is 0 Å². The molecule has 1 heterocycles. The summed E-state index contributed by atoms with van der Waals surface area (Å²) in [5.74, 6) is 0. The third-order valence-corrected chi connectivity index (χ3v) is 2.23. The molecule has 1 fully saturated rings. The molecule has 5 nitrogen and oxygen atoms in total. The Morgan fingerprint density at radius 2 is 2.19 bits per heavy atom. The fourth-order valence-corrected chi connectivity index (χ4v) is 1.45. The highest BCUT2D eigenvalue weighted by molar-refractivity contribution is 5.74. The van der Waals surface area contributed by atoms with Gasteiger partial charge in [-0.15, -0.1) is 0 Å². The predicted octanol–water partition coefficient (Wildman–Crippen LogP) is -0.165. The lowest BCUT2D eigenvalue weighted by molar-refractivity contribution is -0.122. The second-order valence-electron chi connectivity index (χ2n) is 3.48. The summed E-state index contributed by atoms with van der Waals surface area (Å²) in [4.78, 5) is 11.1. The Bertz CT molecular complexity index is 247. The molecule has 8 heteroatoms. The summed E-state index contributed by atoms with van der Waals surface area (Å²) >= 11 is 0. The molecule has 94 valence electrons. The van der Waals surface area contributed by atoms with Crippen LogP contribution in [0.1, 0.15) is 0 Å². The highest BCUT2D eigenvalue weighted by atomic mass is 19.4. The molecule has 0 radical (unpaired) electrons. The van der Waals surface area contributed by atoms with Crippen LogP contribution in [0.4, 0.5) is 18.0 Å². The average molecular weight is 241 g/mol. The minimum absolute atomic E-state index is 0.211. The maximum Gasteiger partial charge on any atom is 0.405 e. The van der Waals surface area contributed by atoms with Crippen LogP contribution >= 0.6 is 0 Å². The molecule has 0 saturated carbocycles. The van der Waals surface area contributed by atoms with Crippen molar-refractivity contribution in [2.75, 3.05) is 26.7 Å². The van der Waals surface area contributed by atoms with Gasteiger partial charge in [0.05, 0.1) is 12.1 Å². The van der Waals surface area contributed by atoms with E-state index in [9.17, 15) is 18.0 Å². The Morgan fingerprint density at radius 3 is 2.75 bits per heavy atom. The molecule has 0 aliphatic carbocycles. The summed E-state index contributed by atoms with van der Waals surface area (Å²) in [5.41, 5.74) is 0. The molecule has 0 aromatic carbocycles. The summed E-state index contributed by atoms with van der Waals surface area (Å²) in [6, 6.07) is -1.15. The van der Waals surface area contributed by atoms with Gasteiger partial charge in [0.1, 0.15) is 6.54 Å². The number of hydrogen-bond acceptors (Lipinski definition) is 3. The minimum atomic E-state index is -4.40. The number of nitrogens with one attached hydrogen (secondary N) is 3. The minimum Gasteiger partial charge on any atom is -0.378 e. The molecule has 1 aliphatic heterocycles. The number of carbonyl (C=O) groups excluding carboxylic acids is 1. The van der Waals surface area contributed by atoms with E-state index in [1.807, 2.05) is 0 Å². The topological polar surface area (TPSA) is 62.4 Å². The quantitative estimate of drug-likeness (QED) is 0.643. The van der Waals surface area contributed by atoms with E-state index in [0.717, 1.165) is 0 Å². The molecule has 0 spiro atoms. The molecular formula is C8H14F3N3O2. The molecule has 3 N–H and O–H groups in total. The maximum absolute atomic E-state index is 11.8. The normalized spacial score (nSPS) is 25.5. The molecule has 1 aliphatic rings. The van der Waals surface area contributed by atoms with Crippen LogP contribution in [0.3, 0.4) is 0 Å². The van der Waals surface area contributed by atoms with Gasteiger partial charge in [-0.1, -0.05) is 0 Å². The van der Waals surface area contributed by atoms with Crippen molar-refractivity contribution in [3.05, 3.63) is 0 Å². The van der Waals surface area contributed by atoms with Gasteiger partial charge < -0.3 is 20.7 Å². The number of urea groups is 1. The highest BCUT2D eigenvalue weighted by Crippen LogP contribution is 2.12. The van der Waals surface area contributed by atoms with Gasteiger partial charge in [-0.25, -0.2) is 4.79 Å². The van der Waals surface area contributed by atoms with E-state index < -0.39 is 18.8 Å². The van der Waals surface area contributed by atoms with Gasteiger partial charge in [-0.05, 0) is 0 Å². The Hall–Kier alpha value is -1.02. The summed E-state index contributed by atoms with van der Waals surface area (Å²) in [6.07, 6.45) is -4.61. The van der Waals surface area contributed by atoms with Crippen LogP contribution < -0.4 is 16.0 Å². The SMILES string of the molecule is CO[C@H]1CNCC1NC(=O)NCC(F)(F)F. The molecule has 2 amide bonds. The van der Waals surface area contributed by atoms with E-state index in [1.54, 1.807) is 5.32 Å². The first-order valence-electron chi connectivity index (χ1n) is 4.77. The number of hydrogen-bond donors (Lipinski definition) is 3. The van der Waals surface area contributed by atoms with Crippen molar-refractivity contribution in [2.24, 2.45) is 0 Å². The van der Waals surface area contributed by atoms with Gasteiger partial charge in [0.15, 0.2) is 0 Å². The summed E-state index contributed by atoms with van der Waals surface area (Å²) < 4.78 is 40.4. The predicted molar refractivity (Wildman–Crippen MR) is 50.0 cm³/mol. The lowest BCUT2D eigenvalue weighted by Gasteiger charge is -2.19. The van der Waals surface area contributed by atoms with Crippen LogP contribution in [-0.2, 0) is 4.74 Å². The van der Waals surface area contributed by atoms with Gasteiger partial charge >= 0.3 is 12.2 Å². The number of amides is 2. The number of methoxy groups -OCH3 is 1. The van der Waals surface area contributed by atoms with Crippen LogP contribution in [0.25, 0.3) is 0 Å². The molecule has 0 bridgehead atoms. The second kappa shape index (κ2) is 5.35. The summed E-state index contributed by atoms with van der Waals surface area (Å²) in [7, 11) is 1.49. The van der Waals surface area contributed by atoms with Crippen molar-refractivity contribution >= 4 is 6.03 Å². The van der Waals surface area contributed by atoms with Crippen molar-refractivity contribution in [3.8, 4) is 0 Å². The Morgan fingerprint density at radius 1 is 1.50 bits per heavy atom. The Labute approximate surface area is 90.7 Å². The van der Waals surface area contributed by atoms with Gasteiger partial charge in [-0.3, -0.25) is 0 Å². The number of rotatable bonds is 3. The number of alkyl halides is 3. The lowest BCUT2D eigenvalue weighted by Crippen LogP contribution is -2.49. The van der Waals surface area contributed by atoms with E-state index in [0.29, 0.717) is 13.1 Å². The van der Waals surface area contributed by atoms with Crippen molar-refractivity contribution in [1.29, 1.82) is 0 Å².